The van der Waals surface area contributed by atoms with E-state index in [-0.39, 0.29) is 11.7 Å². The number of hydrogen-bond acceptors (Lipinski definition) is 2. The van der Waals surface area contributed by atoms with Gasteiger partial charge in [0.25, 0.3) is 5.91 Å². The first-order valence-electron chi connectivity index (χ1n) is 5.96. The van der Waals surface area contributed by atoms with Gasteiger partial charge in [-0.05, 0) is 59.5 Å². The molecule has 18 heavy (non-hydrogen) atoms. The molecule has 0 spiro atoms. The fraction of sp³-hybridized carbons (Fsp3) is 0.462. The minimum Gasteiger partial charge on any atom is -0.386 e. The third kappa shape index (κ3) is 2.03. The zero-order valence-corrected chi connectivity index (χ0v) is 11.9. The number of nitrogens with zero attached hydrogens (tertiary/aromatic N) is 1. The number of hydrogen-bond donors (Lipinski definition) is 1. The van der Waals surface area contributed by atoms with Gasteiger partial charge in [0, 0.05) is 3.57 Å². The van der Waals surface area contributed by atoms with Crippen molar-refractivity contribution < 1.29 is 14.3 Å². The second-order valence-electron chi connectivity index (χ2n) is 5.16. The van der Waals surface area contributed by atoms with Crippen LogP contribution in [0.15, 0.2) is 18.2 Å². The van der Waals surface area contributed by atoms with Gasteiger partial charge in [0.15, 0.2) is 0 Å². The Hall–Kier alpha value is -0.690. The van der Waals surface area contributed by atoms with Gasteiger partial charge >= 0.3 is 0 Å². The number of β-amino-alcohol motifs (C(OH)–C–C–N with tert-alkyl or cyclic N) is 1. The third-order valence-electron chi connectivity index (χ3n) is 3.72. The van der Waals surface area contributed by atoms with E-state index in [0.717, 1.165) is 12.8 Å². The summed E-state index contributed by atoms with van der Waals surface area (Å²) in [6, 6.07) is 4.15. The van der Waals surface area contributed by atoms with Crippen molar-refractivity contribution in [2.24, 2.45) is 5.92 Å². The average molecular weight is 361 g/mol. The summed E-state index contributed by atoms with van der Waals surface area (Å²) in [4.78, 5) is 13.8. The van der Waals surface area contributed by atoms with Gasteiger partial charge in [-0.25, -0.2) is 4.39 Å². The fourth-order valence-electron chi connectivity index (χ4n) is 2.47. The number of benzene rings is 1. The molecule has 0 aromatic heterocycles. The number of aliphatic hydroxyl groups is 1. The molecule has 5 heteroatoms. The summed E-state index contributed by atoms with van der Waals surface area (Å²) in [7, 11) is 0. The lowest BCUT2D eigenvalue weighted by Crippen LogP contribution is -2.64. The van der Waals surface area contributed by atoms with E-state index < -0.39 is 5.60 Å². The molecule has 0 bridgehead atoms. The van der Waals surface area contributed by atoms with Gasteiger partial charge < -0.3 is 10.0 Å². The summed E-state index contributed by atoms with van der Waals surface area (Å²) in [5.74, 6) is -0.0902. The van der Waals surface area contributed by atoms with Crippen LogP contribution in [0.25, 0.3) is 0 Å². The molecule has 96 valence electrons. The molecule has 1 saturated carbocycles. The number of amides is 1. The van der Waals surface area contributed by atoms with Crippen LogP contribution >= 0.6 is 22.6 Å². The van der Waals surface area contributed by atoms with Crippen molar-refractivity contribution >= 4 is 28.5 Å². The van der Waals surface area contributed by atoms with Gasteiger partial charge in [-0.1, -0.05) is 0 Å². The third-order valence-corrected chi connectivity index (χ3v) is 4.61. The number of carbonyl (C=O) groups excluding carboxylic acids is 1. The maximum Gasteiger partial charge on any atom is 0.255 e. The van der Waals surface area contributed by atoms with E-state index in [2.05, 4.69) is 0 Å². The standard InChI is InChI=1S/C13H13FINO2/c14-9-3-4-10(11(15)5-9)12(17)16-6-13(18,7-16)8-1-2-8/h3-5,8,18H,1-2,6-7H2. The molecule has 1 amide bonds. The minimum absolute atomic E-state index is 0.121. The Kier molecular flexibility index (Phi) is 2.85. The van der Waals surface area contributed by atoms with E-state index >= 15 is 0 Å². The molecule has 0 atom stereocenters. The van der Waals surface area contributed by atoms with Crippen LogP contribution in [-0.2, 0) is 0 Å². The number of halogens is 2. The molecule has 3 nitrogen and oxygen atoms in total. The number of rotatable bonds is 2. The Bertz CT molecular complexity index is 510. The molecule has 1 saturated heterocycles. The number of carbonyl (C=O) groups is 1. The second-order valence-corrected chi connectivity index (χ2v) is 6.33. The van der Waals surface area contributed by atoms with E-state index in [4.69, 9.17) is 0 Å². The molecule has 1 aromatic carbocycles. The van der Waals surface area contributed by atoms with E-state index in [1.165, 1.54) is 18.2 Å². The minimum atomic E-state index is -0.666. The first-order valence-corrected chi connectivity index (χ1v) is 7.04. The highest BCUT2D eigenvalue weighted by Crippen LogP contribution is 2.44. The molecular formula is C13H13FINO2. The summed E-state index contributed by atoms with van der Waals surface area (Å²) in [5.41, 5.74) is -0.156. The topological polar surface area (TPSA) is 40.5 Å². The van der Waals surface area contributed by atoms with Gasteiger partial charge in [0.05, 0.1) is 18.7 Å². The van der Waals surface area contributed by atoms with Crippen molar-refractivity contribution in [2.45, 2.75) is 18.4 Å². The zero-order valence-electron chi connectivity index (χ0n) is 9.70. The first kappa shape index (κ1) is 12.3. The summed E-state index contributed by atoms with van der Waals surface area (Å²) in [6.07, 6.45) is 2.12. The maximum absolute atomic E-state index is 13.0. The normalized spacial score (nSPS) is 21.6. The van der Waals surface area contributed by atoms with Crippen LogP contribution in [0.5, 0.6) is 0 Å². The van der Waals surface area contributed by atoms with Crippen molar-refractivity contribution in [3.05, 3.63) is 33.1 Å². The van der Waals surface area contributed by atoms with E-state index in [1.54, 1.807) is 4.90 Å². The quantitative estimate of drug-likeness (QED) is 0.819. The molecule has 1 heterocycles. The Balaban J connectivity index is 1.72. The van der Waals surface area contributed by atoms with Crippen molar-refractivity contribution in [1.82, 2.24) is 4.90 Å². The van der Waals surface area contributed by atoms with Crippen molar-refractivity contribution in [3.63, 3.8) is 0 Å². The second kappa shape index (κ2) is 4.16. The van der Waals surface area contributed by atoms with E-state index in [0.29, 0.717) is 28.1 Å². The van der Waals surface area contributed by atoms with Crippen LogP contribution in [0.2, 0.25) is 0 Å². The molecule has 2 fully saturated rings. The lowest BCUT2D eigenvalue weighted by molar-refractivity contribution is -0.0958. The zero-order chi connectivity index (χ0) is 12.9. The largest absolute Gasteiger partial charge is 0.386 e. The molecule has 2 aliphatic rings. The molecular weight excluding hydrogens is 348 g/mol. The Morgan fingerprint density at radius 3 is 2.67 bits per heavy atom. The summed E-state index contributed by atoms with van der Waals surface area (Å²) in [5, 5.41) is 10.2. The smallest absolute Gasteiger partial charge is 0.255 e. The highest BCUT2D eigenvalue weighted by Gasteiger charge is 2.53. The van der Waals surface area contributed by atoms with Crippen molar-refractivity contribution in [3.8, 4) is 0 Å². The number of likely N-dealkylation sites (tertiary alicyclic amines) is 1. The van der Waals surface area contributed by atoms with Gasteiger partial charge in [-0.3, -0.25) is 4.79 Å². The highest BCUT2D eigenvalue weighted by atomic mass is 127. The SMILES string of the molecule is O=C(c1ccc(F)cc1I)N1CC(O)(C2CC2)C1. The maximum atomic E-state index is 13.0. The van der Waals surface area contributed by atoms with Crippen LogP contribution in [0.1, 0.15) is 23.2 Å². The molecule has 3 rings (SSSR count). The van der Waals surface area contributed by atoms with Gasteiger partial charge in [-0.15, -0.1) is 0 Å². The van der Waals surface area contributed by atoms with Gasteiger partial charge in [0.1, 0.15) is 11.4 Å². The summed E-state index contributed by atoms with van der Waals surface area (Å²) < 4.78 is 13.6. The van der Waals surface area contributed by atoms with Gasteiger partial charge in [-0.2, -0.15) is 0 Å². The predicted molar refractivity (Wildman–Crippen MR) is 72.7 cm³/mol. The van der Waals surface area contributed by atoms with Crippen LogP contribution in [0.4, 0.5) is 4.39 Å². The molecule has 1 aliphatic heterocycles. The van der Waals surface area contributed by atoms with Crippen LogP contribution in [-0.4, -0.2) is 34.6 Å². The monoisotopic (exact) mass is 361 g/mol. The van der Waals surface area contributed by atoms with Gasteiger partial charge in [0.2, 0.25) is 0 Å². The first-order chi connectivity index (χ1) is 8.49. The molecule has 1 N–H and O–H groups in total. The molecule has 1 aliphatic carbocycles. The lowest BCUT2D eigenvalue weighted by Gasteiger charge is -2.47. The van der Waals surface area contributed by atoms with Crippen LogP contribution < -0.4 is 0 Å². The lowest BCUT2D eigenvalue weighted by atomic mass is 9.88. The average Bonchev–Trinajstić information content (AvgIpc) is 3.08. The summed E-state index contributed by atoms with van der Waals surface area (Å²) >= 11 is 1.96. The van der Waals surface area contributed by atoms with E-state index in [9.17, 15) is 14.3 Å². The van der Waals surface area contributed by atoms with Crippen molar-refractivity contribution in [2.75, 3.05) is 13.1 Å². The molecule has 1 aromatic rings. The Morgan fingerprint density at radius 2 is 2.11 bits per heavy atom. The molecule has 0 radical (unpaired) electrons. The van der Waals surface area contributed by atoms with E-state index in [1.807, 2.05) is 22.6 Å². The fourth-order valence-corrected chi connectivity index (χ4v) is 3.18. The highest BCUT2D eigenvalue weighted by molar-refractivity contribution is 14.1. The molecule has 0 unspecified atom stereocenters. The van der Waals surface area contributed by atoms with Crippen LogP contribution in [0.3, 0.4) is 0 Å². The predicted octanol–water partition coefficient (Wildman–Crippen LogP) is 2.03. The summed E-state index contributed by atoms with van der Waals surface area (Å²) in [6.45, 7) is 0.813. The Labute approximate surface area is 118 Å². The Morgan fingerprint density at radius 1 is 1.44 bits per heavy atom. The van der Waals surface area contributed by atoms with Crippen LogP contribution in [0, 0.1) is 15.3 Å². The van der Waals surface area contributed by atoms with Crippen molar-refractivity contribution in [1.29, 1.82) is 0 Å².